The second-order valence-electron chi connectivity index (χ2n) is 13.5. The van der Waals surface area contributed by atoms with E-state index < -0.39 is 0 Å². The number of hydrogen-bond donors (Lipinski definition) is 2. The van der Waals surface area contributed by atoms with Gasteiger partial charge in [0.05, 0.1) is 17.1 Å². The monoisotopic (exact) mass is 462 g/mol. The zero-order chi connectivity index (χ0) is 23.7. The molecule has 0 amide bonds. The normalized spacial score (nSPS) is 42.7. The minimum absolute atomic E-state index is 0.0315. The van der Waals surface area contributed by atoms with E-state index in [2.05, 4.69) is 50.9 Å². The lowest BCUT2D eigenvalue weighted by atomic mass is 9.44. The van der Waals surface area contributed by atoms with Crippen LogP contribution in [0.2, 0.25) is 0 Å². The van der Waals surface area contributed by atoms with E-state index in [9.17, 15) is 5.11 Å². The van der Waals surface area contributed by atoms with Crippen LogP contribution < -0.4 is 0 Å². The fourth-order valence-corrected chi connectivity index (χ4v) is 10.1. The second-order valence-corrected chi connectivity index (χ2v) is 13.5. The van der Waals surface area contributed by atoms with E-state index in [0.717, 1.165) is 60.3 Å². The van der Waals surface area contributed by atoms with Crippen molar-refractivity contribution in [3.05, 3.63) is 29.6 Å². The van der Waals surface area contributed by atoms with Crippen molar-refractivity contribution in [1.29, 1.82) is 0 Å². The van der Waals surface area contributed by atoms with E-state index in [1.54, 1.807) is 0 Å². The Morgan fingerprint density at radius 1 is 1.03 bits per heavy atom. The van der Waals surface area contributed by atoms with Crippen LogP contribution in [0.15, 0.2) is 18.2 Å². The van der Waals surface area contributed by atoms with Gasteiger partial charge in [0.2, 0.25) is 0 Å². The zero-order valence-electron chi connectivity index (χ0n) is 21.9. The maximum absolute atomic E-state index is 10.3. The van der Waals surface area contributed by atoms with Crippen LogP contribution >= 0.6 is 0 Å². The van der Waals surface area contributed by atoms with Gasteiger partial charge in [-0.15, -0.1) is 0 Å². The number of fused-ring (bicyclic) bond motifs is 6. The number of aliphatic hydroxyl groups excluding tert-OH is 1. The number of benzene rings is 1. The Kier molecular flexibility index (Phi) is 5.67. The standard InChI is InChI=1S/C31H46N2O/c1-19-5-11-27-28(17-19)33-29(32-27)12-6-20(2)24-9-10-25-23-8-7-21-18-22(34)13-15-30(21,3)26(23)14-16-31(24,25)4/h5,11,17,20-26,34H,6-10,12-16,18H2,1-4H3,(H,32,33). The minimum atomic E-state index is -0.0315. The van der Waals surface area contributed by atoms with Crippen molar-refractivity contribution < 1.29 is 5.11 Å². The van der Waals surface area contributed by atoms with Crippen LogP contribution in [0.25, 0.3) is 11.0 Å². The number of aryl methyl sites for hydroxylation is 2. The molecule has 0 aliphatic heterocycles. The molecule has 9 unspecified atom stereocenters. The van der Waals surface area contributed by atoms with Gasteiger partial charge in [-0.3, -0.25) is 0 Å². The summed E-state index contributed by atoms with van der Waals surface area (Å²) in [6.07, 6.45) is 14.2. The number of hydrogen-bond acceptors (Lipinski definition) is 2. The van der Waals surface area contributed by atoms with Gasteiger partial charge in [-0.1, -0.05) is 26.8 Å². The molecular formula is C31H46N2O. The van der Waals surface area contributed by atoms with E-state index >= 15 is 0 Å². The summed E-state index contributed by atoms with van der Waals surface area (Å²) in [6.45, 7) is 9.99. The summed E-state index contributed by atoms with van der Waals surface area (Å²) < 4.78 is 0. The molecule has 0 saturated heterocycles. The molecule has 2 N–H and O–H groups in total. The van der Waals surface area contributed by atoms with Gasteiger partial charge in [0, 0.05) is 6.42 Å². The molecule has 0 bridgehead atoms. The van der Waals surface area contributed by atoms with Gasteiger partial charge >= 0.3 is 0 Å². The lowest BCUT2D eigenvalue weighted by molar-refractivity contribution is -0.129. The number of aromatic nitrogens is 2. The maximum atomic E-state index is 10.3. The third kappa shape index (κ3) is 3.59. The van der Waals surface area contributed by atoms with Crippen LogP contribution in [0.1, 0.15) is 96.4 Å². The molecule has 0 spiro atoms. The summed E-state index contributed by atoms with van der Waals surface area (Å²) >= 11 is 0. The third-order valence-corrected chi connectivity index (χ3v) is 11.9. The lowest BCUT2D eigenvalue weighted by Gasteiger charge is -2.61. The molecule has 1 aromatic carbocycles. The Bertz CT molecular complexity index is 1040. The summed E-state index contributed by atoms with van der Waals surface area (Å²) in [5, 5.41) is 10.3. The zero-order valence-corrected chi connectivity index (χ0v) is 21.9. The molecule has 186 valence electrons. The first kappa shape index (κ1) is 23.1. The van der Waals surface area contributed by atoms with Crippen molar-refractivity contribution >= 4 is 11.0 Å². The first-order chi connectivity index (χ1) is 16.3. The highest BCUT2D eigenvalue weighted by atomic mass is 16.3. The molecule has 4 fully saturated rings. The number of aromatic amines is 1. The molecule has 3 heteroatoms. The number of rotatable bonds is 4. The lowest BCUT2D eigenvalue weighted by Crippen LogP contribution is -2.54. The summed E-state index contributed by atoms with van der Waals surface area (Å²) in [7, 11) is 0. The van der Waals surface area contributed by atoms with Gasteiger partial charge < -0.3 is 10.1 Å². The van der Waals surface area contributed by atoms with Gasteiger partial charge in [0.1, 0.15) is 5.82 Å². The molecule has 9 atom stereocenters. The number of imidazole rings is 1. The van der Waals surface area contributed by atoms with Crippen molar-refractivity contribution in [2.75, 3.05) is 0 Å². The molecular weight excluding hydrogens is 416 g/mol. The topological polar surface area (TPSA) is 48.9 Å². The predicted octanol–water partition coefficient (Wildman–Crippen LogP) is 7.46. The molecule has 4 saturated carbocycles. The summed E-state index contributed by atoms with van der Waals surface area (Å²) in [6, 6.07) is 6.53. The predicted molar refractivity (Wildman–Crippen MR) is 140 cm³/mol. The van der Waals surface area contributed by atoms with Crippen molar-refractivity contribution in [1.82, 2.24) is 9.97 Å². The molecule has 0 radical (unpaired) electrons. The Morgan fingerprint density at radius 2 is 1.82 bits per heavy atom. The van der Waals surface area contributed by atoms with E-state index in [4.69, 9.17) is 4.98 Å². The third-order valence-electron chi connectivity index (χ3n) is 11.9. The average Bonchev–Trinajstić information content (AvgIpc) is 3.37. The summed E-state index contributed by atoms with van der Waals surface area (Å²) in [4.78, 5) is 8.47. The van der Waals surface area contributed by atoms with Gasteiger partial charge in [0.25, 0.3) is 0 Å². The van der Waals surface area contributed by atoms with Crippen LogP contribution in [0.3, 0.4) is 0 Å². The maximum Gasteiger partial charge on any atom is 0.107 e. The number of aliphatic hydroxyl groups is 1. The van der Waals surface area contributed by atoms with Crippen LogP contribution in [0.4, 0.5) is 0 Å². The van der Waals surface area contributed by atoms with Gasteiger partial charge in [0.15, 0.2) is 0 Å². The van der Waals surface area contributed by atoms with Crippen molar-refractivity contribution in [3.8, 4) is 0 Å². The molecule has 4 aliphatic carbocycles. The molecule has 2 aromatic rings. The van der Waals surface area contributed by atoms with Crippen LogP contribution in [-0.4, -0.2) is 21.2 Å². The van der Waals surface area contributed by atoms with Gasteiger partial charge in [-0.05, 0) is 135 Å². The number of nitrogens with zero attached hydrogens (tertiary/aromatic N) is 1. The first-order valence-corrected chi connectivity index (χ1v) is 14.4. The van der Waals surface area contributed by atoms with Crippen molar-refractivity contribution in [3.63, 3.8) is 0 Å². The Hall–Kier alpha value is -1.35. The van der Waals surface area contributed by atoms with E-state index in [1.165, 1.54) is 68.3 Å². The fourth-order valence-electron chi connectivity index (χ4n) is 10.1. The first-order valence-electron chi connectivity index (χ1n) is 14.4. The molecule has 4 aliphatic rings. The van der Waals surface area contributed by atoms with Gasteiger partial charge in [-0.2, -0.15) is 0 Å². The van der Waals surface area contributed by atoms with Gasteiger partial charge in [-0.25, -0.2) is 4.98 Å². The average molecular weight is 463 g/mol. The highest BCUT2D eigenvalue weighted by Gasteiger charge is 2.60. The Morgan fingerprint density at radius 3 is 2.68 bits per heavy atom. The molecule has 1 aromatic heterocycles. The molecule has 1 heterocycles. The van der Waals surface area contributed by atoms with Crippen LogP contribution in [-0.2, 0) is 6.42 Å². The SMILES string of the molecule is Cc1ccc2nc(CCC(C)C3CCC4C5CCC6CC(O)CCC6(C)C5CCC34C)[nH]c2c1. The largest absolute Gasteiger partial charge is 0.393 e. The van der Waals surface area contributed by atoms with Crippen LogP contribution in [0, 0.1) is 53.3 Å². The van der Waals surface area contributed by atoms with E-state index in [0.29, 0.717) is 10.8 Å². The number of H-pyrrole nitrogens is 1. The summed E-state index contributed by atoms with van der Waals surface area (Å²) in [5.74, 6) is 6.34. The molecule has 3 nitrogen and oxygen atoms in total. The fraction of sp³-hybridized carbons (Fsp3) is 0.774. The smallest absolute Gasteiger partial charge is 0.107 e. The second kappa shape index (κ2) is 8.36. The quantitative estimate of drug-likeness (QED) is 0.495. The van der Waals surface area contributed by atoms with Crippen molar-refractivity contribution in [2.24, 2.45) is 46.3 Å². The van der Waals surface area contributed by atoms with Crippen molar-refractivity contribution in [2.45, 2.75) is 104 Å². The summed E-state index contributed by atoms with van der Waals surface area (Å²) in [5.41, 5.74) is 4.62. The Balaban J connectivity index is 1.15. The highest BCUT2D eigenvalue weighted by Crippen LogP contribution is 2.68. The number of nitrogens with one attached hydrogen (secondary N) is 1. The van der Waals surface area contributed by atoms with Crippen LogP contribution in [0.5, 0.6) is 0 Å². The minimum Gasteiger partial charge on any atom is -0.393 e. The molecule has 34 heavy (non-hydrogen) atoms. The Labute approximate surface area is 206 Å². The van der Waals surface area contributed by atoms with E-state index in [1.807, 2.05) is 0 Å². The molecule has 6 rings (SSSR count). The highest BCUT2D eigenvalue weighted by molar-refractivity contribution is 5.75. The van der Waals surface area contributed by atoms with E-state index in [-0.39, 0.29) is 6.10 Å².